The Morgan fingerprint density at radius 1 is 1.04 bits per heavy atom. The Bertz CT molecular complexity index is 470. The monoisotopic (exact) mass is 372 g/mol. The van der Waals surface area contributed by atoms with E-state index in [0.29, 0.717) is 25.5 Å². The molecule has 0 aliphatic rings. The highest BCUT2D eigenvalue weighted by Gasteiger charge is 2.24. The van der Waals surface area contributed by atoms with Crippen molar-refractivity contribution in [2.75, 3.05) is 26.7 Å². The van der Waals surface area contributed by atoms with Crippen molar-refractivity contribution in [2.24, 2.45) is 4.99 Å². The molecule has 0 rings (SSSR count). The first kappa shape index (κ1) is 24.0. The van der Waals surface area contributed by atoms with Crippen LogP contribution in [0.1, 0.15) is 60.8 Å². The fourth-order valence-electron chi connectivity index (χ4n) is 1.94. The van der Waals surface area contributed by atoms with E-state index in [9.17, 15) is 9.59 Å². The molecule has 0 spiro atoms. The van der Waals surface area contributed by atoms with Crippen LogP contribution in [0.3, 0.4) is 0 Å². The largest absolute Gasteiger partial charge is 0.469 e. The van der Waals surface area contributed by atoms with Gasteiger partial charge < -0.3 is 25.4 Å². The molecule has 8 nitrogen and oxygen atoms in total. The molecule has 0 fully saturated rings. The lowest BCUT2D eigenvalue weighted by molar-refractivity contribution is -0.140. The van der Waals surface area contributed by atoms with Crippen LogP contribution in [0.4, 0.5) is 4.79 Å². The van der Waals surface area contributed by atoms with E-state index in [1.807, 2.05) is 41.5 Å². The fourth-order valence-corrected chi connectivity index (χ4v) is 1.94. The maximum atomic E-state index is 11.9. The highest BCUT2D eigenvalue weighted by molar-refractivity contribution is 5.79. The summed E-state index contributed by atoms with van der Waals surface area (Å²) in [6.45, 7) is 13.1. The number of carbonyl (C=O) groups excluding carboxylic acids is 2. The number of amides is 1. The quantitative estimate of drug-likeness (QED) is 0.248. The van der Waals surface area contributed by atoms with Crippen LogP contribution in [-0.2, 0) is 14.3 Å². The molecule has 3 N–H and O–H groups in total. The van der Waals surface area contributed by atoms with Gasteiger partial charge in [-0.05, 0) is 54.4 Å². The molecule has 0 atom stereocenters. The number of hydrogen-bond donors (Lipinski definition) is 3. The van der Waals surface area contributed by atoms with E-state index in [-0.39, 0.29) is 5.97 Å². The lowest BCUT2D eigenvalue weighted by atomic mass is 10.1. The smallest absolute Gasteiger partial charge is 0.408 e. The Hall–Kier alpha value is -1.99. The van der Waals surface area contributed by atoms with Crippen molar-refractivity contribution in [3.63, 3.8) is 0 Å². The highest BCUT2D eigenvalue weighted by Crippen LogP contribution is 2.09. The molecule has 152 valence electrons. The molecule has 0 bridgehead atoms. The lowest BCUT2D eigenvalue weighted by Crippen LogP contribution is -2.49. The van der Waals surface area contributed by atoms with Crippen LogP contribution in [0, 0.1) is 0 Å². The summed E-state index contributed by atoms with van der Waals surface area (Å²) in [7, 11) is 1.39. The Morgan fingerprint density at radius 3 is 2.23 bits per heavy atom. The third kappa shape index (κ3) is 13.3. The third-order valence-corrected chi connectivity index (χ3v) is 3.14. The first-order chi connectivity index (χ1) is 12.0. The second-order valence-electron chi connectivity index (χ2n) is 7.67. The van der Waals surface area contributed by atoms with Crippen molar-refractivity contribution in [3.05, 3.63) is 0 Å². The minimum Gasteiger partial charge on any atom is -0.469 e. The molecule has 0 aliphatic carbocycles. The Balaban J connectivity index is 4.43. The first-order valence-corrected chi connectivity index (χ1v) is 9.09. The third-order valence-electron chi connectivity index (χ3n) is 3.14. The van der Waals surface area contributed by atoms with Crippen LogP contribution in [-0.4, -0.2) is 55.9 Å². The molecule has 0 unspecified atom stereocenters. The van der Waals surface area contributed by atoms with Crippen LogP contribution >= 0.6 is 0 Å². The minimum absolute atomic E-state index is 0.194. The molecule has 1 amide bonds. The summed E-state index contributed by atoms with van der Waals surface area (Å²) in [5, 5.41) is 9.21. The maximum Gasteiger partial charge on any atom is 0.408 e. The van der Waals surface area contributed by atoms with Gasteiger partial charge in [-0.25, -0.2) is 4.79 Å². The number of alkyl carbamates (subject to hydrolysis) is 1. The van der Waals surface area contributed by atoms with Gasteiger partial charge in [0, 0.05) is 19.5 Å². The van der Waals surface area contributed by atoms with Gasteiger partial charge in [-0.2, -0.15) is 0 Å². The van der Waals surface area contributed by atoms with E-state index in [1.165, 1.54) is 7.11 Å². The van der Waals surface area contributed by atoms with E-state index in [0.717, 1.165) is 19.4 Å². The fraction of sp³-hybridized carbons (Fsp3) is 0.833. The van der Waals surface area contributed by atoms with Crippen molar-refractivity contribution in [1.29, 1.82) is 0 Å². The number of aliphatic imine (C=N–C) groups is 1. The van der Waals surface area contributed by atoms with Gasteiger partial charge in [-0.15, -0.1) is 0 Å². The van der Waals surface area contributed by atoms with Crippen molar-refractivity contribution < 1.29 is 19.1 Å². The summed E-state index contributed by atoms with van der Waals surface area (Å²) >= 11 is 0. The minimum atomic E-state index is -0.546. The van der Waals surface area contributed by atoms with Gasteiger partial charge >= 0.3 is 12.1 Å². The van der Waals surface area contributed by atoms with Crippen molar-refractivity contribution >= 4 is 18.0 Å². The van der Waals surface area contributed by atoms with Crippen LogP contribution in [0.15, 0.2) is 4.99 Å². The van der Waals surface area contributed by atoms with Gasteiger partial charge in [0.15, 0.2) is 5.96 Å². The summed E-state index contributed by atoms with van der Waals surface area (Å²) in [5.41, 5.74) is -1.08. The molecule has 0 aromatic heterocycles. The summed E-state index contributed by atoms with van der Waals surface area (Å²) in [5.74, 6) is 0.477. The van der Waals surface area contributed by atoms with E-state index in [2.05, 4.69) is 25.7 Å². The molecule has 0 aliphatic heterocycles. The number of nitrogens with zero attached hydrogens (tertiary/aromatic N) is 1. The molecule has 0 saturated heterocycles. The second kappa shape index (κ2) is 11.6. The topological polar surface area (TPSA) is 101 Å². The normalized spacial score (nSPS) is 12.3. The maximum absolute atomic E-state index is 11.9. The Morgan fingerprint density at radius 2 is 1.69 bits per heavy atom. The summed E-state index contributed by atoms with van der Waals surface area (Å²) < 4.78 is 9.89. The van der Waals surface area contributed by atoms with E-state index in [1.54, 1.807) is 0 Å². The number of ether oxygens (including phenoxy) is 2. The van der Waals surface area contributed by atoms with Crippen molar-refractivity contribution in [2.45, 2.75) is 71.9 Å². The SMILES string of the molecule is CCNC(=NCC(C)(C)NC(=O)OC(C)(C)C)NCCCCC(=O)OC. The van der Waals surface area contributed by atoms with Crippen molar-refractivity contribution in [3.8, 4) is 0 Å². The number of carbonyl (C=O) groups is 2. The summed E-state index contributed by atoms with van der Waals surface area (Å²) in [4.78, 5) is 27.5. The van der Waals surface area contributed by atoms with Gasteiger partial charge in [0.1, 0.15) is 5.60 Å². The number of rotatable bonds is 9. The van der Waals surface area contributed by atoms with Gasteiger partial charge in [0.2, 0.25) is 0 Å². The zero-order valence-corrected chi connectivity index (χ0v) is 17.3. The van der Waals surface area contributed by atoms with Gasteiger partial charge in [-0.3, -0.25) is 9.79 Å². The summed E-state index contributed by atoms with van der Waals surface area (Å²) in [6.07, 6.45) is 1.54. The zero-order chi connectivity index (χ0) is 20.2. The molecule has 0 radical (unpaired) electrons. The average Bonchev–Trinajstić information content (AvgIpc) is 2.49. The number of methoxy groups -OCH3 is 1. The van der Waals surface area contributed by atoms with Gasteiger partial charge in [0.05, 0.1) is 19.2 Å². The van der Waals surface area contributed by atoms with Gasteiger partial charge in [-0.1, -0.05) is 0 Å². The zero-order valence-electron chi connectivity index (χ0n) is 17.3. The molecule has 8 heteroatoms. The van der Waals surface area contributed by atoms with Crippen LogP contribution in [0.5, 0.6) is 0 Å². The lowest BCUT2D eigenvalue weighted by Gasteiger charge is -2.27. The number of hydrogen-bond acceptors (Lipinski definition) is 5. The Labute approximate surface area is 157 Å². The van der Waals surface area contributed by atoms with E-state index < -0.39 is 17.2 Å². The van der Waals surface area contributed by atoms with Gasteiger partial charge in [0.25, 0.3) is 0 Å². The standard InChI is InChI=1S/C18H36N4O4/c1-8-19-15(20-12-10-9-11-14(23)25-7)21-13-18(5,6)22-16(24)26-17(2,3)4/h8-13H2,1-7H3,(H,22,24)(H2,19,20,21). The number of esters is 1. The number of guanidine groups is 1. The van der Waals surface area contributed by atoms with Crippen molar-refractivity contribution in [1.82, 2.24) is 16.0 Å². The van der Waals surface area contributed by atoms with Crippen LogP contribution in [0.2, 0.25) is 0 Å². The van der Waals surface area contributed by atoms with Crippen LogP contribution < -0.4 is 16.0 Å². The molecule has 26 heavy (non-hydrogen) atoms. The highest BCUT2D eigenvalue weighted by atomic mass is 16.6. The first-order valence-electron chi connectivity index (χ1n) is 9.09. The predicted molar refractivity (Wildman–Crippen MR) is 103 cm³/mol. The van der Waals surface area contributed by atoms with Crippen LogP contribution in [0.25, 0.3) is 0 Å². The van der Waals surface area contributed by atoms with E-state index in [4.69, 9.17) is 4.74 Å². The Kier molecular flexibility index (Phi) is 10.7. The molecular formula is C18H36N4O4. The molecule has 0 heterocycles. The molecular weight excluding hydrogens is 336 g/mol. The second-order valence-corrected chi connectivity index (χ2v) is 7.67. The van der Waals surface area contributed by atoms with E-state index >= 15 is 0 Å². The summed E-state index contributed by atoms with van der Waals surface area (Å²) in [6, 6.07) is 0. The molecule has 0 aromatic carbocycles. The number of unbranched alkanes of at least 4 members (excludes halogenated alkanes) is 1. The number of nitrogens with one attached hydrogen (secondary N) is 3. The molecule has 0 aromatic rings. The average molecular weight is 373 g/mol. The molecule has 0 saturated carbocycles. The predicted octanol–water partition coefficient (Wildman–Crippen LogP) is 2.19.